The topological polar surface area (TPSA) is 80.7 Å². The molecular weight excluding hydrogens is 338 g/mol. The van der Waals surface area contributed by atoms with Crippen LogP contribution in [-0.4, -0.2) is 49.8 Å². The van der Waals surface area contributed by atoms with Crippen molar-refractivity contribution in [3.63, 3.8) is 0 Å². The molecule has 0 unspecified atom stereocenters. The molecule has 0 fully saturated rings. The van der Waals surface area contributed by atoms with Gasteiger partial charge in [0.15, 0.2) is 5.96 Å². The highest BCUT2D eigenvalue weighted by molar-refractivity contribution is 7.11. The molecule has 0 aromatic carbocycles. The number of aliphatic imine (C=N–C) groups is 1. The molecule has 0 amide bonds. The quantitative estimate of drug-likeness (QED) is 0.402. The molecule has 0 atom stereocenters. The molecule has 0 aliphatic heterocycles. The molecule has 2 rings (SSSR count). The smallest absolute Gasteiger partial charge is 0.218 e. The number of thiazole rings is 1. The molecule has 0 bridgehead atoms. The normalized spacial score (nSPS) is 11.4. The largest absolute Gasteiger partial charge is 0.475 e. The van der Waals surface area contributed by atoms with Crippen molar-refractivity contribution in [3.8, 4) is 5.88 Å². The first-order chi connectivity index (χ1) is 12.2. The van der Waals surface area contributed by atoms with E-state index in [4.69, 9.17) is 9.47 Å². The molecule has 25 heavy (non-hydrogen) atoms. The van der Waals surface area contributed by atoms with Crippen LogP contribution in [0.5, 0.6) is 5.88 Å². The van der Waals surface area contributed by atoms with Crippen molar-refractivity contribution in [2.24, 2.45) is 4.99 Å². The number of hydrogen-bond donors (Lipinski definition) is 2. The van der Waals surface area contributed by atoms with Gasteiger partial charge in [0.1, 0.15) is 6.61 Å². The predicted molar refractivity (Wildman–Crippen MR) is 100 cm³/mol. The minimum absolute atomic E-state index is 0.473. The van der Waals surface area contributed by atoms with Crippen molar-refractivity contribution >= 4 is 17.3 Å². The molecule has 0 aliphatic carbocycles. The number of hydrogen-bond acceptors (Lipinski definition) is 6. The summed E-state index contributed by atoms with van der Waals surface area (Å²) < 4.78 is 10.6. The average Bonchev–Trinajstić information content (AvgIpc) is 3.04. The molecule has 0 saturated heterocycles. The lowest BCUT2D eigenvalue weighted by Crippen LogP contribution is -2.38. The van der Waals surface area contributed by atoms with Gasteiger partial charge >= 0.3 is 0 Å². The Morgan fingerprint density at radius 3 is 2.88 bits per heavy atom. The van der Waals surface area contributed by atoms with Gasteiger partial charge in [-0.2, -0.15) is 0 Å². The van der Waals surface area contributed by atoms with Gasteiger partial charge in [0.05, 0.1) is 11.6 Å². The van der Waals surface area contributed by atoms with Crippen molar-refractivity contribution < 1.29 is 9.47 Å². The molecule has 0 radical (unpaired) electrons. The maximum absolute atomic E-state index is 5.64. The van der Waals surface area contributed by atoms with Crippen LogP contribution in [0.2, 0.25) is 0 Å². The Morgan fingerprint density at radius 1 is 1.28 bits per heavy atom. The molecule has 0 saturated carbocycles. The number of ether oxygens (including phenoxy) is 2. The third-order valence-electron chi connectivity index (χ3n) is 3.35. The summed E-state index contributed by atoms with van der Waals surface area (Å²) in [4.78, 5) is 14.1. The standard InChI is InChI=1S/C17H25N5O2S/c1-13-11-21-15(25-13)6-8-20-17(18-2)22-12-14-5-4-7-19-16(14)24-10-9-23-3/h4-5,7,11H,6,8-10,12H2,1-3H3,(H2,18,20,22). The van der Waals surface area contributed by atoms with E-state index in [-0.39, 0.29) is 0 Å². The third-order valence-corrected chi connectivity index (χ3v) is 4.32. The molecule has 0 aliphatic rings. The monoisotopic (exact) mass is 363 g/mol. The van der Waals surface area contributed by atoms with Gasteiger partial charge in [-0.05, 0) is 13.0 Å². The lowest BCUT2D eigenvalue weighted by atomic mass is 10.2. The summed E-state index contributed by atoms with van der Waals surface area (Å²) in [5, 5.41) is 7.70. The summed E-state index contributed by atoms with van der Waals surface area (Å²) >= 11 is 1.72. The van der Waals surface area contributed by atoms with E-state index in [9.17, 15) is 0 Å². The van der Waals surface area contributed by atoms with Gasteiger partial charge in [0, 0.05) is 56.5 Å². The highest BCUT2D eigenvalue weighted by Crippen LogP contribution is 2.14. The van der Waals surface area contributed by atoms with Crippen molar-refractivity contribution in [2.75, 3.05) is 33.9 Å². The van der Waals surface area contributed by atoms with Crippen molar-refractivity contribution in [3.05, 3.63) is 40.0 Å². The Kier molecular flexibility index (Phi) is 8.14. The summed E-state index contributed by atoms with van der Waals surface area (Å²) in [5.74, 6) is 1.35. The number of nitrogens with zero attached hydrogens (tertiary/aromatic N) is 3. The number of rotatable bonds is 9. The number of methoxy groups -OCH3 is 1. The molecule has 136 valence electrons. The molecule has 2 aromatic heterocycles. The second-order valence-electron chi connectivity index (χ2n) is 5.28. The van der Waals surface area contributed by atoms with Crippen LogP contribution >= 0.6 is 11.3 Å². The first kappa shape index (κ1) is 19.1. The summed E-state index contributed by atoms with van der Waals surface area (Å²) in [6.45, 7) is 4.42. The Bertz CT molecular complexity index is 675. The van der Waals surface area contributed by atoms with Crippen LogP contribution in [0.1, 0.15) is 15.4 Å². The van der Waals surface area contributed by atoms with Crippen molar-refractivity contribution in [2.45, 2.75) is 19.9 Å². The van der Waals surface area contributed by atoms with Gasteiger partial charge in [-0.25, -0.2) is 9.97 Å². The van der Waals surface area contributed by atoms with E-state index in [0.29, 0.717) is 25.6 Å². The van der Waals surface area contributed by atoms with Crippen molar-refractivity contribution in [1.82, 2.24) is 20.6 Å². The highest BCUT2D eigenvalue weighted by Gasteiger charge is 2.06. The first-order valence-corrected chi connectivity index (χ1v) is 8.96. The molecule has 2 aromatic rings. The van der Waals surface area contributed by atoms with Crippen LogP contribution in [0, 0.1) is 6.92 Å². The van der Waals surface area contributed by atoms with E-state index in [0.717, 1.165) is 29.5 Å². The van der Waals surface area contributed by atoms with E-state index in [1.165, 1.54) is 4.88 Å². The van der Waals surface area contributed by atoms with Crippen LogP contribution in [0.3, 0.4) is 0 Å². The fraction of sp³-hybridized carbons (Fsp3) is 0.471. The van der Waals surface area contributed by atoms with E-state index in [2.05, 4.69) is 32.5 Å². The Balaban J connectivity index is 1.80. The van der Waals surface area contributed by atoms with E-state index < -0.39 is 0 Å². The number of aromatic nitrogens is 2. The molecule has 2 heterocycles. The number of nitrogens with one attached hydrogen (secondary N) is 2. The second-order valence-corrected chi connectivity index (χ2v) is 6.60. The second kappa shape index (κ2) is 10.6. The fourth-order valence-electron chi connectivity index (χ4n) is 2.11. The molecule has 2 N–H and O–H groups in total. The lowest BCUT2D eigenvalue weighted by Gasteiger charge is -2.13. The van der Waals surface area contributed by atoms with Gasteiger partial charge < -0.3 is 20.1 Å². The minimum Gasteiger partial charge on any atom is -0.475 e. The Hall–Kier alpha value is -2.19. The van der Waals surface area contributed by atoms with Crippen LogP contribution in [-0.2, 0) is 17.7 Å². The minimum atomic E-state index is 0.473. The fourth-order valence-corrected chi connectivity index (χ4v) is 2.90. The lowest BCUT2D eigenvalue weighted by molar-refractivity contribution is 0.143. The summed E-state index contributed by atoms with van der Waals surface area (Å²) in [5.41, 5.74) is 0.970. The van der Waals surface area contributed by atoms with Gasteiger partial charge in [0.2, 0.25) is 5.88 Å². The molecule has 0 spiro atoms. The van der Waals surface area contributed by atoms with Gasteiger partial charge in [-0.1, -0.05) is 6.07 Å². The van der Waals surface area contributed by atoms with Crippen LogP contribution < -0.4 is 15.4 Å². The zero-order valence-electron chi connectivity index (χ0n) is 14.9. The van der Waals surface area contributed by atoms with Crippen molar-refractivity contribution in [1.29, 1.82) is 0 Å². The van der Waals surface area contributed by atoms with Crippen LogP contribution in [0.15, 0.2) is 29.5 Å². The third kappa shape index (κ3) is 6.67. The predicted octanol–water partition coefficient (Wildman–Crippen LogP) is 1.78. The van der Waals surface area contributed by atoms with Crippen LogP contribution in [0.25, 0.3) is 0 Å². The summed E-state index contributed by atoms with van der Waals surface area (Å²) in [6.07, 6.45) is 4.49. The van der Waals surface area contributed by atoms with E-state index in [1.54, 1.807) is 31.7 Å². The number of aryl methyl sites for hydroxylation is 1. The highest BCUT2D eigenvalue weighted by atomic mass is 32.1. The van der Waals surface area contributed by atoms with Gasteiger partial charge in [0.25, 0.3) is 0 Å². The van der Waals surface area contributed by atoms with Crippen LogP contribution in [0.4, 0.5) is 0 Å². The molecule has 8 heteroatoms. The maximum atomic E-state index is 5.64. The first-order valence-electron chi connectivity index (χ1n) is 8.14. The number of pyridine rings is 1. The molecular formula is C17H25N5O2S. The average molecular weight is 363 g/mol. The van der Waals surface area contributed by atoms with Gasteiger partial charge in [-0.15, -0.1) is 11.3 Å². The molecule has 7 nitrogen and oxygen atoms in total. The zero-order valence-corrected chi connectivity index (χ0v) is 15.7. The maximum Gasteiger partial charge on any atom is 0.218 e. The summed E-state index contributed by atoms with van der Waals surface area (Å²) in [6, 6.07) is 3.87. The zero-order chi connectivity index (χ0) is 17.9. The Morgan fingerprint density at radius 2 is 2.16 bits per heavy atom. The summed E-state index contributed by atoms with van der Waals surface area (Å²) in [7, 11) is 3.40. The van der Waals surface area contributed by atoms with E-state index >= 15 is 0 Å². The van der Waals surface area contributed by atoms with Gasteiger partial charge in [-0.3, -0.25) is 4.99 Å². The SMILES string of the molecule is CN=C(NCCc1ncc(C)s1)NCc1cccnc1OCCOC. The number of guanidine groups is 1. The van der Waals surface area contributed by atoms with E-state index in [1.807, 2.05) is 18.3 Å². The Labute approximate surface area is 152 Å².